The minimum Gasteiger partial charge on any atom is -0.508 e. The Balaban J connectivity index is 1.38. The molecule has 0 unspecified atom stereocenters. The van der Waals surface area contributed by atoms with Crippen LogP contribution in [0.3, 0.4) is 0 Å². The molecule has 226 valence electrons. The molecule has 0 bridgehead atoms. The van der Waals surface area contributed by atoms with Gasteiger partial charge in [0.15, 0.2) is 0 Å². The molecule has 2 saturated heterocycles. The zero-order chi connectivity index (χ0) is 31.0. The van der Waals surface area contributed by atoms with Crippen molar-refractivity contribution in [3.8, 4) is 5.75 Å². The Bertz CT molecular complexity index is 1700. The molecular weight excluding hydrogens is 578 g/mol. The number of hydrazine groups is 1. The number of halogens is 1. The van der Waals surface area contributed by atoms with Gasteiger partial charge in [-0.3, -0.25) is 24.4 Å². The molecule has 0 aliphatic carbocycles. The van der Waals surface area contributed by atoms with E-state index in [9.17, 15) is 19.5 Å². The molecule has 9 nitrogen and oxygen atoms in total. The maximum Gasteiger partial charge on any atom is 0.246 e. The second-order valence-corrected chi connectivity index (χ2v) is 11.8. The summed E-state index contributed by atoms with van der Waals surface area (Å²) >= 11 is 6.49. The highest BCUT2D eigenvalue weighted by atomic mass is 35.5. The minimum atomic E-state index is -0.849. The summed E-state index contributed by atoms with van der Waals surface area (Å²) in [5.41, 5.74) is 3.37. The van der Waals surface area contributed by atoms with E-state index in [1.807, 2.05) is 61.5 Å². The van der Waals surface area contributed by atoms with Crippen LogP contribution in [0.25, 0.3) is 10.9 Å². The third kappa shape index (κ3) is 5.60. The number of nitrogens with zero attached hydrogens (tertiary/aromatic N) is 5. The second kappa shape index (κ2) is 12.3. The number of aromatic hydroxyl groups is 1. The lowest BCUT2D eigenvalue weighted by Crippen LogP contribution is -2.75. The third-order valence-electron chi connectivity index (χ3n) is 8.64. The largest absolute Gasteiger partial charge is 0.508 e. The van der Waals surface area contributed by atoms with Crippen LogP contribution in [-0.4, -0.2) is 80.0 Å². The van der Waals surface area contributed by atoms with E-state index in [1.54, 1.807) is 57.3 Å². The van der Waals surface area contributed by atoms with Crippen molar-refractivity contribution in [1.29, 1.82) is 0 Å². The van der Waals surface area contributed by atoms with Crippen LogP contribution in [0, 0.1) is 0 Å². The lowest BCUT2D eigenvalue weighted by Gasteiger charge is -2.55. The van der Waals surface area contributed by atoms with Gasteiger partial charge in [-0.1, -0.05) is 60.1 Å². The molecule has 1 aromatic heterocycles. The first-order chi connectivity index (χ1) is 21.2. The molecule has 2 aliphatic rings. The average molecular weight is 612 g/mol. The average Bonchev–Trinajstić information content (AvgIpc) is 3.02. The molecule has 3 heterocycles. The van der Waals surface area contributed by atoms with Crippen molar-refractivity contribution in [2.24, 2.45) is 0 Å². The summed E-state index contributed by atoms with van der Waals surface area (Å²) in [5, 5.41) is 14.5. The van der Waals surface area contributed by atoms with Crippen molar-refractivity contribution in [2.75, 3.05) is 20.1 Å². The number of phenolic OH excluding ortho intramolecular Hbond substituents is 1. The SMILES string of the molecule is C[C@H](c1ccc(Cl)c2cccnc12)N1C[C@@H]2N(C(=O)CN(C)N2C(=O)CCc2ccccc2)[C@@H](Cc2ccc(O)cc2)C1=O. The number of piperazine rings is 1. The van der Waals surface area contributed by atoms with Crippen LogP contribution in [0.4, 0.5) is 0 Å². The van der Waals surface area contributed by atoms with Crippen molar-refractivity contribution in [3.05, 3.63) is 107 Å². The van der Waals surface area contributed by atoms with Crippen molar-refractivity contribution >= 4 is 40.2 Å². The molecular formula is C34H34ClN5O4. The van der Waals surface area contributed by atoms with Gasteiger partial charge in [0.1, 0.15) is 18.0 Å². The number of aromatic nitrogens is 1. The number of rotatable bonds is 7. The topological polar surface area (TPSA) is 97.3 Å². The first-order valence-electron chi connectivity index (χ1n) is 14.7. The number of aryl methyl sites for hydroxylation is 1. The van der Waals surface area contributed by atoms with Crippen molar-refractivity contribution in [3.63, 3.8) is 0 Å². The highest BCUT2D eigenvalue weighted by molar-refractivity contribution is 6.35. The number of carbonyl (C=O) groups excluding carboxylic acids is 3. The maximum absolute atomic E-state index is 14.4. The van der Waals surface area contributed by atoms with Gasteiger partial charge in [0.2, 0.25) is 17.7 Å². The Kier molecular flexibility index (Phi) is 8.25. The van der Waals surface area contributed by atoms with E-state index in [-0.39, 0.29) is 49.4 Å². The lowest BCUT2D eigenvalue weighted by molar-refractivity contribution is -0.204. The van der Waals surface area contributed by atoms with Gasteiger partial charge in [-0.25, -0.2) is 5.01 Å². The number of fused-ring (bicyclic) bond motifs is 2. The van der Waals surface area contributed by atoms with Gasteiger partial charge in [0.25, 0.3) is 0 Å². The number of amides is 3. The van der Waals surface area contributed by atoms with Crippen LogP contribution < -0.4 is 0 Å². The van der Waals surface area contributed by atoms with Gasteiger partial charge in [0, 0.05) is 42.1 Å². The number of benzene rings is 3. The summed E-state index contributed by atoms with van der Waals surface area (Å²) in [5.74, 6) is -0.435. The number of likely N-dealkylation sites (N-methyl/N-ethyl adjacent to an activating group) is 1. The van der Waals surface area contributed by atoms with E-state index >= 15 is 0 Å². The van der Waals surface area contributed by atoms with Gasteiger partial charge in [-0.15, -0.1) is 0 Å². The van der Waals surface area contributed by atoms with Crippen molar-refractivity contribution in [2.45, 2.75) is 44.4 Å². The molecule has 3 amide bonds. The summed E-state index contributed by atoms with van der Waals surface area (Å²) in [6.45, 7) is 2.06. The van der Waals surface area contributed by atoms with Gasteiger partial charge in [-0.2, -0.15) is 0 Å². The molecule has 0 spiro atoms. The van der Waals surface area contributed by atoms with Crippen molar-refractivity contribution in [1.82, 2.24) is 24.8 Å². The first kappa shape index (κ1) is 29.6. The summed E-state index contributed by atoms with van der Waals surface area (Å²) in [4.78, 5) is 49.9. The van der Waals surface area contributed by atoms with Gasteiger partial charge < -0.3 is 14.9 Å². The zero-order valence-corrected chi connectivity index (χ0v) is 25.4. The quantitative estimate of drug-likeness (QED) is 0.329. The normalized spacial score (nSPS) is 19.8. The Labute approximate surface area is 261 Å². The fourth-order valence-corrected chi connectivity index (χ4v) is 6.63. The molecule has 10 heteroatoms. The summed E-state index contributed by atoms with van der Waals surface area (Å²) < 4.78 is 0. The number of hydrogen-bond donors (Lipinski definition) is 1. The predicted molar refractivity (Wildman–Crippen MR) is 167 cm³/mol. The molecule has 4 aromatic rings. The van der Waals surface area contributed by atoms with Gasteiger partial charge >= 0.3 is 0 Å². The molecule has 3 atom stereocenters. The number of pyridine rings is 1. The number of hydrogen-bond acceptors (Lipinski definition) is 6. The molecule has 6 rings (SSSR count). The molecule has 1 N–H and O–H groups in total. The van der Waals surface area contributed by atoms with E-state index in [0.717, 1.165) is 22.1 Å². The van der Waals surface area contributed by atoms with E-state index in [4.69, 9.17) is 11.6 Å². The molecule has 3 aromatic carbocycles. The van der Waals surface area contributed by atoms with Gasteiger partial charge in [0.05, 0.1) is 24.6 Å². The summed E-state index contributed by atoms with van der Waals surface area (Å²) in [6.07, 6.45) is 2.05. The Morgan fingerprint density at radius 1 is 1.00 bits per heavy atom. The molecule has 44 heavy (non-hydrogen) atoms. The smallest absolute Gasteiger partial charge is 0.246 e. The Hall–Kier alpha value is -4.47. The monoisotopic (exact) mass is 611 g/mol. The maximum atomic E-state index is 14.4. The Morgan fingerprint density at radius 3 is 2.50 bits per heavy atom. The summed E-state index contributed by atoms with van der Waals surface area (Å²) in [6, 6.07) is 22.6. The van der Waals surface area contributed by atoms with Crippen LogP contribution in [0.5, 0.6) is 5.75 Å². The first-order valence-corrected chi connectivity index (χ1v) is 15.1. The highest BCUT2D eigenvalue weighted by Crippen LogP contribution is 2.36. The van der Waals surface area contributed by atoms with Crippen LogP contribution >= 0.6 is 11.6 Å². The van der Waals surface area contributed by atoms with Crippen LogP contribution in [0.2, 0.25) is 5.02 Å². The number of carbonyl (C=O) groups is 3. The lowest BCUT2D eigenvalue weighted by atomic mass is 9.95. The Morgan fingerprint density at radius 2 is 1.75 bits per heavy atom. The van der Waals surface area contributed by atoms with E-state index in [1.165, 1.54) is 0 Å². The molecule has 2 aliphatic heterocycles. The fourth-order valence-electron chi connectivity index (χ4n) is 6.41. The van der Waals surface area contributed by atoms with Crippen LogP contribution in [0.1, 0.15) is 36.1 Å². The van der Waals surface area contributed by atoms with E-state index in [2.05, 4.69) is 4.98 Å². The standard InChI is InChI=1S/C34H34ClN5O4/c1-22(26-15-16-28(35)27-9-6-18-36-33(26)27)38-20-30-39(29(34(38)44)19-24-10-13-25(41)14-11-24)32(43)21-37(2)40(30)31(42)17-12-23-7-4-3-5-8-23/h3-11,13-16,18,22,29-30,41H,12,17,19-21H2,1-2H3/t22-,29+,30-/m1/s1. The molecule has 0 radical (unpaired) electrons. The zero-order valence-electron chi connectivity index (χ0n) is 24.6. The predicted octanol–water partition coefficient (Wildman–Crippen LogP) is 4.58. The van der Waals surface area contributed by atoms with E-state index in [0.29, 0.717) is 17.0 Å². The number of phenols is 1. The van der Waals surface area contributed by atoms with E-state index < -0.39 is 18.2 Å². The fraction of sp³-hybridized carbons (Fsp3) is 0.294. The molecule has 0 saturated carbocycles. The minimum absolute atomic E-state index is 0.0196. The summed E-state index contributed by atoms with van der Waals surface area (Å²) in [7, 11) is 1.74. The van der Waals surface area contributed by atoms with Gasteiger partial charge in [-0.05, 0) is 54.8 Å². The van der Waals surface area contributed by atoms with Crippen LogP contribution in [-0.2, 0) is 27.2 Å². The highest BCUT2D eigenvalue weighted by Gasteiger charge is 2.51. The molecule has 2 fully saturated rings. The van der Waals surface area contributed by atoms with Crippen molar-refractivity contribution < 1.29 is 19.5 Å². The second-order valence-electron chi connectivity index (χ2n) is 11.4. The van der Waals surface area contributed by atoms with Crippen LogP contribution in [0.15, 0.2) is 85.1 Å². The third-order valence-corrected chi connectivity index (χ3v) is 8.97.